The number of aliphatic carboxylic acids is 3. The van der Waals surface area contributed by atoms with Crippen molar-refractivity contribution in [1.29, 1.82) is 0 Å². The summed E-state index contributed by atoms with van der Waals surface area (Å²) in [5.74, 6) is -8.35. The molecular formula is C46H46N6O16. The van der Waals surface area contributed by atoms with E-state index in [2.05, 4.69) is 21.3 Å². The minimum atomic E-state index is -1.57. The summed E-state index contributed by atoms with van der Waals surface area (Å²) in [6.07, 6.45) is -1.20. The van der Waals surface area contributed by atoms with Gasteiger partial charge in [0.25, 0.3) is 23.6 Å². The maximum atomic E-state index is 13.7. The fourth-order valence-corrected chi connectivity index (χ4v) is 7.63. The molecular weight excluding hydrogens is 893 g/mol. The number of hydrogen-bond acceptors (Lipinski definition) is 13. The van der Waals surface area contributed by atoms with Crippen LogP contribution in [0.1, 0.15) is 86.4 Å². The van der Waals surface area contributed by atoms with Crippen LogP contribution in [-0.2, 0) is 33.6 Å². The minimum absolute atomic E-state index is 0.00472. The average Bonchev–Trinajstić information content (AvgIpc) is 3.30. The molecule has 68 heavy (non-hydrogen) atoms. The van der Waals surface area contributed by atoms with Gasteiger partial charge < -0.3 is 46.1 Å². The predicted molar refractivity (Wildman–Crippen MR) is 236 cm³/mol. The lowest BCUT2D eigenvalue weighted by Crippen LogP contribution is -2.50. The van der Waals surface area contributed by atoms with Crippen molar-refractivity contribution in [2.75, 3.05) is 45.9 Å². The number of carbonyl (C=O) groups is 11. The van der Waals surface area contributed by atoms with Gasteiger partial charge in [-0.15, -0.1) is 0 Å². The van der Waals surface area contributed by atoms with E-state index in [1.807, 2.05) is 12.1 Å². The largest absolute Gasteiger partial charge is 0.493 e. The summed E-state index contributed by atoms with van der Waals surface area (Å²) in [6.45, 7) is -0.765. The van der Waals surface area contributed by atoms with Gasteiger partial charge in [-0.05, 0) is 49.2 Å². The van der Waals surface area contributed by atoms with Gasteiger partial charge in [-0.2, -0.15) is 0 Å². The quantitative estimate of drug-likeness (QED) is 0.0365. The molecule has 22 nitrogen and oxygen atoms in total. The number of carboxylic acid groups (broad SMARTS) is 3. The van der Waals surface area contributed by atoms with Crippen molar-refractivity contribution in [2.45, 2.75) is 51.0 Å². The van der Waals surface area contributed by atoms with Crippen LogP contribution >= 0.6 is 0 Å². The first-order chi connectivity index (χ1) is 32.5. The summed E-state index contributed by atoms with van der Waals surface area (Å²) < 4.78 is 11.9. The van der Waals surface area contributed by atoms with Crippen LogP contribution in [0.2, 0.25) is 0 Å². The topological polar surface area (TPSA) is 322 Å². The Kier molecular flexibility index (Phi) is 16.0. The van der Waals surface area contributed by atoms with Gasteiger partial charge in [0.1, 0.15) is 24.1 Å². The molecule has 0 fully saturated rings. The summed E-state index contributed by atoms with van der Waals surface area (Å²) in [7, 11) is 0. The molecule has 4 aromatic carbocycles. The number of ether oxygens (including phenoxy) is 2. The monoisotopic (exact) mass is 938 g/mol. The molecule has 0 saturated heterocycles. The molecule has 6 rings (SSSR count). The lowest BCUT2D eigenvalue weighted by molar-refractivity contribution is -0.141. The van der Waals surface area contributed by atoms with E-state index < -0.39 is 91.1 Å². The Morgan fingerprint density at radius 2 is 1.03 bits per heavy atom. The van der Waals surface area contributed by atoms with Crippen molar-refractivity contribution < 1.29 is 77.5 Å². The smallest absolute Gasteiger partial charge is 0.322 e. The number of nitrogens with zero attached hydrogens (tertiary/aromatic N) is 2. The average molecular weight is 939 g/mol. The molecule has 0 unspecified atom stereocenters. The molecule has 1 atom stereocenters. The molecule has 2 aliphatic rings. The fourth-order valence-electron chi connectivity index (χ4n) is 7.63. The maximum absolute atomic E-state index is 13.7. The third-order valence-corrected chi connectivity index (χ3v) is 10.8. The summed E-state index contributed by atoms with van der Waals surface area (Å²) in [4.78, 5) is 139. The highest BCUT2D eigenvalue weighted by atomic mass is 16.5. The molecule has 7 N–H and O–H groups in total. The summed E-state index contributed by atoms with van der Waals surface area (Å²) in [6, 6.07) is 14.7. The molecule has 0 aliphatic carbocycles. The van der Waals surface area contributed by atoms with Crippen molar-refractivity contribution in [3.05, 3.63) is 82.9 Å². The third kappa shape index (κ3) is 11.7. The second-order valence-corrected chi connectivity index (χ2v) is 15.5. The van der Waals surface area contributed by atoms with E-state index >= 15 is 0 Å². The van der Waals surface area contributed by atoms with Crippen LogP contribution in [0, 0.1) is 0 Å². The molecule has 0 aromatic heterocycles. The van der Waals surface area contributed by atoms with Crippen molar-refractivity contribution >= 4 is 86.7 Å². The highest BCUT2D eigenvalue weighted by Crippen LogP contribution is 2.38. The van der Waals surface area contributed by atoms with Crippen molar-refractivity contribution in [1.82, 2.24) is 31.1 Å². The first kappa shape index (κ1) is 49.0. The van der Waals surface area contributed by atoms with E-state index in [-0.39, 0.29) is 91.2 Å². The number of carbonyl (C=O) groups excluding carboxylic acids is 8. The Bertz CT molecular complexity index is 2670. The summed E-state index contributed by atoms with van der Waals surface area (Å²) in [5.41, 5.74) is 0.0929. The van der Waals surface area contributed by atoms with E-state index in [4.69, 9.17) is 19.7 Å². The molecule has 8 amide bonds. The standard InChI is InChI=1S/C46H46N6O16/c53-34(49-24-39(60)61)9-3-21-67-32-7-1-6-26-25(32)5-2-8-33(26)68-22-4-17-47-35(54)16-19-51-43(63)27-10-12-29-41-30(13-11-28(40(27)41)44(51)64)46(66)52(45(29)65)20-18-48-42(62)31(23-38(58)59)50-36(55)14-15-37(56)57/h1-2,5-8,10-13,31H,3-4,9,14-24H2,(H,47,54)(H,48,62)(H,49,53)(H,50,55)(H,56,57)(H,58,59)(H,60,61)/t31-/m0/s1. The number of benzene rings is 4. The van der Waals surface area contributed by atoms with E-state index in [0.717, 1.165) is 20.6 Å². The van der Waals surface area contributed by atoms with E-state index in [1.165, 1.54) is 24.3 Å². The molecule has 22 heteroatoms. The third-order valence-electron chi connectivity index (χ3n) is 10.8. The Labute approximate surface area is 385 Å². The molecule has 2 heterocycles. The van der Waals surface area contributed by atoms with E-state index in [9.17, 15) is 57.8 Å². The van der Waals surface area contributed by atoms with Gasteiger partial charge >= 0.3 is 17.9 Å². The maximum Gasteiger partial charge on any atom is 0.322 e. The van der Waals surface area contributed by atoms with Crippen LogP contribution < -0.4 is 30.7 Å². The Hall–Kier alpha value is -8.43. The normalized spacial score (nSPS) is 13.2. The SMILES string of the molecule is O=C(O)CCC(=O)N[C@@H](CC(=O)O)C(=O)NCCN1C(=O)c2ccc3c4c(ccc(c24)C1=O)C(=O)N(CCC(=O)NCCCOc1cccc2c(OCCCC(=O)NCC(=O)O)cccc12)C3=O. The number of amides is 8. The molecule has 0 spiro atoms. The highest BCUT2D eigenvalue weighted by Gasteiger charge is 2.40. The van der Waals surface area contributed by atoms with Crippen molar-refractivity contribution in [2.24, 2.45) is 0 Å². The second kappa shape index (κ2) is 22.2. The van der Waals surface area contributed by atoms with Gasteiger partial charge in [0.15, 0.2) is 0 Å². The van der Waals surface area contributed by atoms with Crippen LogP contribution in [0.4, 0.5) is 0 Å². The molecule has 0 radical (unpaired) electrons. The minimum Gasteiger partial charge on any atom is -0.493 e. The Balaban J connectivity index is 0.985. The molecule has 356 valence electrons. The van der Waals surface area contributed by atoms with Crippen LogP contribution in [0.3, 0.4) is 0 Å². The number of nitrogens with one attached hydrogen (secondary N) is 4. The van der Waals surface area contributed by atoms with Crippen LogP contribution in [0.25, 0.3) is 21.5 Å². The Morgan fingerprint density at radius 3 is 1.54 bits per heavy atom. The Morgan fingerprint density at radius 1 is 0.515 bits per heavy atom. The molecule has 4 aromatic rings. The molecule has 2 aliphatic heterocycles. The van der Waals surface area contributed by atoms with Gasteiger partial charge in [-0.1, -0.05) is 24.3 Å². The van der Waals surface area contributed by atoms with E-state index in [1.54, 1.807) is 24.3 Å². The number of imide groups is 2. The molecule has 0 saturated carbocycles. The second-order valence-electron chi connectivity index (χ2n) is 15.5. The number of rotatable bonds is 25. The summed E-state index contributed by atoms with van der Waals surface area (Å²) >= 11 is 0. The summed E-state index contributed by atoms with van der Waals surface area (Å²) in [5, 5.41) is 38.1. The first-order valence-corrected chi connectivity index (χ1v) is 21.4. The molecule has 0 bridgehead atoms. The zero-order chi connectivity index (χ0) is 49.1. The van der Waals surface area contributed by atoms with Gasteiger partial charge in [-0.3, -0.25) is 62.5 Å². The van der Waals surface area contributed by atoms with Crippen molar-refractivity contribution in [3.8, 4) is 11.5 Å². The van der Waals surface area contributed by atoms with Gasteiger partial charge in [0.05, 0.1) is 26.1 Å². The van der Waals surface area contributed by atoms with Gasteiger partial charge in [-0.25, -0.2) is 0 Å². The number of fused-ring (bicyclic) bond motifs is 1. The zero-order valence-corrected chi connectivity index (χ0v) is 36.3. The zero-order valence-electron chi connectivity index (χ0n) is 36.3. The number of carboxylic acids is 3. The fraction of sp³-hybridized carbons (Fsp3) is 0.326. The van der Waals surface area contributed by atoms with Gasteiger partial charge in [0, 0.05) is 89.2 Å². The lowest BCUT2D eigenvalue weighted by Gasteiger charge is -2.32. The van der Waals surface area contributed by atoms with Crippen LogP contribution in [-0.4, -0.2) is 142 Å². The van der Waals surface area contributed by atoms with Crippen molar-refractivity contribution in [3.63, 3.8) is 0 Å². The number of hydrogen-bond donors (Lipinski definition) is 7. The highest BCUT2D eigenvalue weighted by molar-refractivity contribution is 6.33. The van der Waals surface area contributed by atoms with Crippen LogP contribution in [0.5, 0.6) is 11.5 Å². The lowest BCUT2D eigenvalue weighted by atomic mass is 9.86. The first-order valence-electron chi connectivity index (χ1n) is 21.4. The van der Waals surface area contributed by atoms with Crippen LogP contribution in [0.15, 0.2) is 60.7 Å². The van der Waals surface area contributed by atoms with E-state index in [0.29, 0.717) is 24.3 Å². The predicted octanol–water partition coefficient (Wildman–Crippen LogP) is 1.46. The van der Waals surface area contributed by atoms with Gasteiger partial charge in [0.2, 0.25) is 23.6 Å².